The molecule has 2 amide bonds. The monoisotopic (exact) mass is 366 g/mol. The van der Waals surface area contributed by atoms with Crippen LogP contribution in [0.2, 0.25) is 0 Å². The van der Waals surface area contributed by atoms with Crippen LogP contribution in [0.3, 0.4) is 0 Å². The molecule has 1 aliphatic heterocycles. The highest BCUT2D eigenvalue weighted by atomic mass is 16.4. The first-order valence-electron chi connectivity index (χ1n) is 8.71. The SMILES string of the molecule is O=C([O-])c1ccc2c3c(cccc13)C(=O)N(c1cccc3ccccc13)C2=O. The zero-order chi connectivity index (χ0) is 19.4. The first-order valence-corrected chi connectivity index (χ1v) is 8.71. The largest absolute Gasteiger partial charge is 0.545 e. The number of benzene rings is 4. The van der Waals surface area contributed by atoms with Gasteiger partial charge < -0.3 is 9.90 Å². The molecule has 134 valence electrons. The molecule has 0 atom stereocenters. The molecular weight excluding hydrogens is 354 g/mol. The first kappa shape index (κ1) is 16.2. The molecule has 0 fully saturated rings. The Bertz CT molecular complexity index is 1310. The number of rotatable bonds is 2. The summed E-state index contributed by atoms with van der Waals surface area (Å²) in [5, 5.41) is 13.8. The van der Waals surface area contributed by atoms with Gasteiger partial charge in [0, 0.05) is 27.5 Å². The van der Waals surface area contributed by atoms with Gasteiger partial charge in [0.05, 0.1) is 11.7 Å². The number of amides is 2. The maximum absolute atomic E-state index is 13.3. The number of anilines is 1. The zero-order valence-electron chi connectivity index (χ0n) is 14.5. The lowest BCUT2D eigenvalue weighted by Crippen LogP contribution is -2.40. The molecule has 4 aromatic carbocycles. The van der Waals surface area contributed by atoms with Crippen molar-refractivity contribution in [3.63, 3.8) is 0 Å². The molecule has 1 aliphatic rings. The highest BCUT2D eigenvalue weighted by molar-refractivity contribution is 6.37. The van der Waals surface area contributed by atoms with Crippen molar-refractivity contribution in [3.8, 4) is 0 Å². The molecule has 0 saturated carbocycles. The molecule has 0 bridgehead atoms. The first-order chi connectivity index (χ1) is 13.6. The van der Waals surface area contributed by atoms with Gasteiger partial charge in [0.2, 0.25) is 0 Å². The quantitative estimate of drug-likeness (QED) is 0.511. The van der Waals surface area contributed by atoms with E-state index < -0.39 is 17.8 Å². The third-order valence-electron chi connectivity index (χ3n) is 5.14. The van der Waals surface area contributed by atoms with Gasteiger partial charge >= 0.3 is 0 Å². The van der Waals surface area contributed by atoms with E-state index in [1.165, 1.54) is 12.1 Å². The molecule has 5 rings (SSSR count). The minimum absolute atomic E-state index is 0.0418. The number of carboxylic acids is 1. The van der Waals surface area contributed by atoms with Crippen molar-refractivity contribution in [3.05, 3.63) is 89.5 Å². The molecule has 0 saturated heterocycles. The molecule has 0 aliphatic carbocycles. The fourth-order valence-electron chi connectivity index (χ4n) is 3.90. The minimum atomic E-state index is -1.35. The fourth-order valence-corrected chi connectivity index (χ4v) is 3.90. The Morgan fingerprint density at radius 1 is 0.714 bits per heavy atom. The summed E-state index contributed by atoms with van der Waals surface area (Å²) in [5.41, 5.74) is 1.05. The summed E-state index contributed by atoms with van der Waals surface area (Å²) < 4.78 is 0. The second-order valence-electron chi connectivity index (χ2n) is 6.62. The maximum Gasteiger partial charge on any atom is 0.266 e. The highest BCUT2D eigenvalue weighted by Gasteiger charge is 2.35. The maximum atomic E-state index is 13.3. The van der Waals surface area contributed by atoms with Crippen LogP contribution in [-0.2, 0) is 0 Å². The Hall–Kier alpha value is -3.99. The number of imide groups is 1. The molecule has 1 heterocycles. The van der Waals surface area contributed by atoms with Gasteiger partial charge in [-0.05, 0) is 29.0 Å². The lowest BCUT2D eigenvalue weighted by molar-refractivity contribution is -0.254. The second kappa shape index (κ2) is 5.76. The number of carbonyl (C=O) groups excluding carboxylic acids is 3. The lowest BCUT2D eigenvalue weighted by atomic mass is 9.90. The minimum Gasteiger partial charge on any atom is -0.545 e. The van der Waals surface area contributed by atoms with Crippen molar-refractivity contribution in [2.45, 2.75) is 0 Å². The molecule has 0 N–H and O–H groups in total. The molecule has 5 heteroatoms. The summed E-state index contributed by atoms with van der Waals surface area (Å²) in [6.45, 7) is 0. The van der Waals surface area contributed by atoms with E-state index in [0.29, 0.717) is 27.6 Å². The van der Waals surface area contributed by atoms with E-state index in [1.54, 1.807) is 30.3 Å². The normalized spacial score (nSPS) is 13.4. The summed E-state index contributed by atoms with van der Waals surface area (Å²) in [7, 11) is 0. The van der Waals surface area contributed by atoms with Gasteiger partial charge in [0.25, 0.3) is 11.8 Å². The molecular formula is C23H12NO4-. The second-order valence-corrected chi connectivity index (χ2v) is 6.62. The molecule has 5 nitrogen and oxygen atoms in total. The molecule has 0 unspecified atom stereocenters. The van der Waals surface area contributed by atoms with Crippen molar-refractivity contribution in [2.24, 2.45) is 0 Å². The average molecular weight is 366 g/mol. The van der Waals surface area contributed by atoms with Crippen LogP contribution in [0.4, 0.5) is 5.69 Å². The molecule has 0 radical (unpaired) electrons. The van der Waals surface area contributed by atoms with E-state index in [4.69, 9.17) is 0 Å². The topological polar surface area (TPSA) is 77.5 Å². The lowest BCUT2D eigenvalue weighted by Gasteiger charge is -2.28. The Kier molecular flexibility index (Phi) is 3.33. The van der Waals surface area contributed by atoms with E-state index in [2.05, 4.69) is 0 Å². The van der Waals surface area contributed by atoms with Crippen LogP contribution < -0.4 is 10.0 Å². The van der Waals surface area contributed by atoms with Gasteiger partial charge in [-0.1, -0.05) is 54.6 Å². The number of carboxylic acid groups (broad SMARTS) is 1. The number of fused-ring (bicyclic) bond motifs is 1. The third kappa shape index (κ3) is 2.10. The van der Waals surface area contributed by atoms with Crippen LogP contribution >= 0.6 is 0 Å². The van der Waals surface area contributed by atoms with Gasteiger partial charge in [-0.2, -0.15) is 0 Å². The van der Waals surface area contributed by atoms with E-state index in [1.807, 2.05) is 30.3 Å². The molecule has 28 heavy (non-hydrogen) atoms. The van der Waals surface area contributed by atoms with Crippen LogP contribution in [0.25, 0.3) is 21.5 Å². The number of aromatic carboxylic acids is 1. The number of nitrogens with zero attached hydrogens (tertiary/aromatic N) is 1. The Balaban J connectivity index is 1.81. The third-order valence-corrected chi connectivity index (χ3v) is 5.14. The van der Waals surface area contributed by atoms with Gasteiger partial charge in [0.15, 0.2) is 0 Å². The number of carbonyl (C=O) groups is 3. The van der Waals surface area contributed by atoms with E-state index in [9.17, 15) is 19.5 Å². The predicted octanol–water partition coefficient (Wildman–Crippen LogP) is 3.16. The van der Waals surface area contributed by atoms with Crippen molar-refractivity contribution < 1.29 is 19.5 Å². The van der Waals surface area contributed by atoms with Gasteiger partial charge in [0.1, 0.15) is 0 Å². The summed E-state index contributed by atoms with van der Waals surface area (Å²) in [6.07, 6.45) is 0. The van der Waals surface area contributed by atoms with E-state index in [0.717, 1.165) is 15.7 Å². The Morgan fingerprint density at radius 3 is 2.14 bits per heavy atom. The van der Waals surface area contributed by atoms with Crippen LogP contribution in [0.1, 0.15) is 31.1 Å². The predicted molar refractivity (Wildman–Crippen MR) is 103 cm³/mol. The van der Waals surface area contributed by atoms with Gasteiger partial charge in [-0.15, -0.1) is 0 Å². The number of hydrogen-bond acceptors (Lipinski definition) is 4. The van der Waals surface area contributed by atoms with Crippen molar-refractivity contribution >= 4 is 45.0 Å². The highest BCUT2D eigenvalue weighted by Crippen LogP contribution is 2.36. The standard InChI is InChI=1S/C23H13NO4/c25-21-17-9-4-8-15-16(23(27)28)11-12-18(20(15)17)22(26)24(21)19-10-3-6-13-5-1-2-7-14(13)19/h1-12H,(H,27,28)/p-1. The van der Waals surface area contributed by atoms with Crippen LogP contribution in [0.15, 0.2) is 72.8 Å². The van der Waals surface area contributed by atoms with E-state index >= 15 is 0 Å². The van der Waals surface area contributed by atoms with Gasteiger partial charge in [-0.3, -0.25) is 9.59 Å². The van der Waals surface area contributed by atoms with E-state index in [-0.39, 0.29) is 5.56 Å². The summed E-state index contributed by atoms with van der Waals surface area (Å²) in [6, 6.07) is 20.6. The summed E-state index contributed by atoms with van der Waals surface area (Å²) in [4.78, 5) is 39.2. The Labute approximate surface area is 159 Å². The molecule has 0 aromatic heterocycles. The van der Waals surface area contributed by atoms with Crippen molar-refractivity contribution in [1.29, 1.82) is 0 Å². The zero-order valence-corrected chi connectivity index (χ0v) is 14.5. The summed E-state index contributed by atoms with van der Waals surface area (Å²) >= 11 is 0. The molecule has 0 spiro atoms. The average Bonchev–Trinajstić information content (AvgIpc) is 2.71. The smallest absolute Gasteiger partial charge is 0.266 e. The fraction of sp³-hybridized carbons (Fsp3) is 0. The Morgan fingerprint density at radius 2 is 1.36 bits per heavy atom. The van der Waals surface area contributed by atoms with Crippen molar-refractivity contribution in [1.82, 2.24) is 0 Å². The van der Waals surface area contributed by atoms with Gasteiger partial charge in [-0.25, -0.2) is 4.90 Å². The number of hydrogen-bond donors (Lipinski definition) is 0. The van der Waals surface area contributed by atoms with Crippen LogP contribution in [0.5, 0.6) is 0 Å². The van der Waals surface area contributed by atoms with Crippen LogP contribution in [-0.4, -0.2) is 17.8 Å². The summed E-state index contributed by atoms with van der Waals surface area (Å²) in [5.74, 6) is -2.30. The van der Waals surface area contributed by atoms with Crippen molar-refractivity contribution in [2.75, 3.05) is 4.90 Å². The van der Waals surface area contributed by atoms with Crippen LogP contribution in [0, 0.1) is 0 Å². The molecule has 4 aromatic rings.